The first-order valence-corrected chi connectivity index (χ1v) is 6.84. The van der Waals surface area contributed by atoms with E-state index in [-0.39, 0.29) is 12.1 Å². The highest BCUT2D eigenvalue weighted by Gasteiger charge is 2.34. The fourth-order valence-electron chi connectivity index (χ4n) is 2.75. The zero-order valence-electron chi connectivity index (χ0n) is 11.6. The Morgan fingerprint density at radius 3 is 2.77 bits per heavy atom. The van der Waals surface area contributed by atoms with E-state index in [0.29, 0.717) is 17.8 Å². The van der Waals surface area contributed by atoms with Crippen molar-refractivity contribution >= 4 is 5.82 Å². The normalized spacial score (nSPS) is 20.9. The predicted octanol–water partition coefficient (Wildman–Crippen LogP) is 2.54. The van der Waals surface area contributed by atoms with Crippen LogP contribution in [0.4, 0.5) is 14.6 Å². The molecule has 2 atom stereocenters. The van der Waals surface area contributed by atoms with Gasteiger partial charge in [-0.2, -0.15) is 5.26 Å². The lowest BCUT2D eigenvalue weighted by molar-refractivity contribution is 0.194. The minimum absolute atomic E-state index is 0.197. The number of nitriles is 1. The molecule has 0 amide bonds. The van der Waals surface area contributed by atoms with Crippen molar-refractivity contribution in [1.29, 1.82) is 5.26 Å². The van der Waals surface area contributed by atoms with E-state index in [4.69, 9.17) is 5.26 Å². The maximum absolute atomic E-state index is 14.0. The van der Waals surface area contributed by atoms with Crippen molar-refractivity contribution in [3.8, 4) is 6.07 Å². The molecule has 2 heterocycles. The summed E-state index contributed by atoms with van der Waals surface area (Å²) in [5.41, 5.74) is 0.611. The van der Waals surface area contributed by atoms with E-state index in [9.17, 15) is 13.9 Å². The Balaban J connectivity index is 1.98. The number of anilines is 1. The van der Waals surface area contributed by atoms with E-state index < -0.39 is 23.8 Å². The first-order valence-electron chi connectivity index (χ1n) is 6.84. The molecule has 6 heteroatoms. The first kappa shape index (κ1) is 14.4. The highest BCUT2D eigenvalue weighted by Crippen LogP contribution is 2.36. The second kappa shape index (κ2) is 5.70. The highest BCUT2D eigenvalue weighted by atomic mass is 19.1. The number of nitrogens with zero attached hydrogens (tertiary/aromatic N) is 3. The molecule has 1 aromatic carbocycles. The molecule has 2 aromatic rings. The summed E-state index contributed by atoms with van der Waals surface area (Å²) in [6, 6.07) is 8.02. The molecule has 0 radical (unpaired) electrons. The third-order valence-electron chi connectivity index (χ3n) is 3.77. The van der Waals surface area contributed by atoms with Crippen molar-refractivity contribution in [3.05, 3.63) is 59.3 Å². The molecule has 112 valence electrons. The molecule has 1 aromatic heterocycles. The van der Waals surface area contributed by atoms with Crippen LogP contribution in [0.25, 0.3) is 0 Å². The molecule has 1 fully saturated rings. The largest absolute Gasteiger partial charge is 0.391 e. The topological polar surface area (TPSA) is 60.2 Å². The molecule has 1 N–H and O–H groups in total. The predicted molar refractivity (Wildman–Crippen MR) is 76.0 cm³/mol. The number of hydrogen-bond acceptors (Lipinski definition) is 4. The van der Waals surface area contributed by atoms with Crippen molar-refractivity contribution in [3.63, 3.8) is 0 Å². The van der Waals surface area contributed by atoms with Gasteiger partial charge in [-0.05, 0) is 36.8 Å². The first-order chi connectivity index (χ1) is 10.6. The molecule has 3 rings (SSSR count). The Morgan fingerprint density at radius 2 is 2.09 bits per heavy atom. The highest BCUT2D eigenvalue weighted by molar-refractivity contribution is 5.47. The summed E-state index contributed by atoms with van der Waals surface area (Å²) < 4.78 is 27.4. The van der Waals surface area contributed by atoms with Crippen LogP contribution < -0.4 is 4.90 Å². The van der Waals surface area contributed by atoms with Crippen LogP contribution in [0.2, 0.25) is 0 Å². The van der Waals surface area contributed by atoms with Crippen LogP contribution in [0.1, 0.15) is 23.6 Å². The van der Waals surface area contributed by atoms with Crippen LogP contribution in [-0.4, -0.2) is 22.7 Å². The van der Waals surface area contributed by atoms with Gasteiger partial charge in [-0.3, -0.25) is 0 Å². The molecule has 1 aliphatic rings. The van der Waals surface area contributed by atoms with Gasteiger partial charge in [-0.25, -0.2) is 13.8 Å². The Kier molecular flexibility index (Phi) is 3.73. The summed E-state index contributed by atoms with van der Waals surface area (Å²) in [5, 5.41) is 18.7. The molecule has 0 bridgehead atoms. The van der Waals surface area contributed by atoms with Crippen molar-refractivity contribution < 1.29 is 13.9 Å². The lowest BCUT2D eigenvalue weighted by Crippen LogP contribution is -2.25. The Labute approximate surface area is 126 Å². The number of benzene rings is 1. The van der Waals surface area contributed by atoms with Gasteiger partial charge in [-0.15, -0.1) is 0 Å². The zero-order chi connectivity index (χ0) is 15.7. The van der Waals surface area contributed by atoms with Gasteiger partial charge in [0.25, 0.3) is 0 Å². The van der Waals surface area contributed by atoms with Crippen molar-refractivity contribution in [1.82, 2.24) is 4.98 Å². The van der Waals surface area contributed by atoms with Gasteiger partial charge in [0.2, 0.25) is 0 Å². The summed E-state index contributed by atoms with van der Waals surface area (Å²) in [6.45, 7) is 0.277. The molecule has 0 spiro atoms. The van der Waals surface area contributed by atoms with Crippen LogP contribution in [0.3, 0.4) is 0 Å². The van der Waals surface area contributed by atoms with Gasteiger partial charge in [0.05, 0.1) is 17.7 Å². The molecular weight excluding hydrogens is 288 g/mol. The van der Waals surface area contributed by atoms with Gasteiger partial charge in [0.15, 0.2) is 0 Å². The van der Waals surface area contributed by atoms with Gasteiger partial charge in [0.1, 0.15) is 23.5 Å². The molecule has 0 saturated carbocycles. The fraction of sp³-hybridized carbons (Fsp3) is 0.250. The minimum atomic E-state index is -0.648. The number of aromatic nitrogens is 1. The van der Waals surface area contributed by atoms with E-state index in [0.717, 1.165) is 18.2 Å². The molecule has 4 nitrogen and oxygen atoms in total. The third kappa shape index (κ3) is 2.63. The van der Waals surface area contributed by atoms with Crippen LogP contribution in [-0.2, 0) is 0 Å². The smallest absolute Gasteiger partial charge is 0.129 e. The molecule has 1 aliphatic heterocycles. The van der Waals surface area contributed by atoms with Crippen LogP contribution in [0.15, 0.2) is 36.5 Å². The fourth-order valence-corrected chi connectivity index (χ4v) is 2.75. The molecular formula is C16H13F2N3O. The van der Waals surface area contributed by atoms with E-state index in [1.165, 1.54) is 6.20 Å². The number of rotatable bonds is 2. The monoisotopic (exact) mass is 301 g/mol. The summed E-state index contributed by atoms with van der Waals surface area (Å²) in [7, 11) is 0. The summed E-state index contributed by atoms with van der Waals surface area (Å²) >= 11 is 0. The zero-order valence-corrected chi connectivity index (χ0v) is 11.6. The number of β-amino-alcohol motifs (C(OH)–C–C–N with tert-alkyl or cyclic N) is 1. The van der Waals surface area contributed by atoms with E-state index in [2.05, 4.69) is 4.98 Å². The standard InChI is InChI=1S/C16H13F2N3O/c17-11-2-3-14(18)13(5-11)15-6-12(22)9-21(15)16-4-1-10(7-19)8-20-16/h1-5,8,12,15,22H,6,9H2/t12-,15+/m1/s1. The maximum atomic E-state index is 14.0. The summed E-state index contributed by atoms with van der Waals surface area (Å²) in [4.78, 5) is 5.90. The SMILES string of the molecule is N#Cc1ccc(N2C[C@H](O)C[C@H]2c2cc(F)ccc2F)nc1. The van der Waals surface area contributed by atoms with E-state index in [1.54, 1.807) is 17.0 Å². The van der Waals surface area contributed by atoms with Crippen molar-refractivity contribution in [2.45, 2.75) is 18.6 Å². The lowest BCUT2D eigenvalue weighted by atomic mass is 10.0. The van der Waals surface area contributed by atoms with E-state index >= 15 is 0 Å². The van der Waals surface area contributed by atoms with Gasteiger partial charge in [-0.1, -0.05) is 0 Å². The Morgan fingerprint density at radius 1 is 1.27 bits per heavy atom. The number of halogens is 2. The lowest BCUT2D eigenvalue weighted by Gasteiger charge is -2.26. The quantitative estimate of drug-likeness (QED) is 0.926. The van der Waals surface area contributed by atoms with Crippen molar-refractivity contribution in [2.75, 3.05) is 11.4 Å². The van der Waals surface area contributed by atoms with Gasteiger partial charge >= 0.3 is 0 Å². The average Bonchev–Trinajstić information content (AvgIpc) is 2.91. The van der Waals surface area contributed by atoms with Crippen LogP contribution >= 0.6 is 0 Å². The Bertz CT molecular complexity index is 727. The molecule has 0 aliphatic carbocycles. The number of hydrogen-bond donors (Lipinski definition) is 1. The summed E-state index contributed by atoms with van der Waals surface area (Å²) in [6.07, 6.45) is 1.06. The van der Waals surface area contributed by atoms with Crippen LogP contribution in [0, 0.1) is 23.0 Å². The minimum Gasteiger partial charge on any atom is -0.391 e. The van der Waals surface area contributed by atoms with Gasteiger partial charge < -0.3 is 10.0 Å². The van der Waals surface area contributed by atoms with Crippen LogP contribution in [0.5, 0.6) is 0 Å². The van der Waals surface area contributed by atoms with E-state index in [1.807, 2.05) is 6.07 Å². The van der Waals surface area contributed by atoms with Gasteiger partial charge in [0, 0.05) is 18.3 Å². The number of aliphatic hydroxyl groups excluding tert-OH is 1. The second-order valence-corrected chi connectivity index (χ2v) is 5.24. The third-order valence-corrected chi connectivity index (χ3v) is 3.77. The average molecular weight is 301 g/mol. The molecule has 22 heavy (non-hydrogen) atoms. The molecule has 0 unspecified atom stereocenters. The second-order valence-electron chi connectivity index (χ2n) is 5.24. The number of aliphatic hydroxyl groups is 1. The van der Waals surface area contributed by atoms with Crippen molar-refractivity contribution in [2.24, 2.45) is 0 Å². The summed E-state index contributed by atoms with van der Waals surface area (Å²) in [5.74, 6) is -0.520. The maximum Gasteiger partial charge on any atom is 0.129 e. The Hall–Kier alpha value is -2.52. The molecule has 1 saturated heterocycles. The number of pyridine rings is 1.